The first-order chi connectivity index (χ1) is 9.19. The molecule has 0 fully saturated rings. The summed E-state index contributed by atoms with van der Waals surface area (Å²) in [6, 6.07) is 11.1. The molecule has 0 aliphatic rings. The van der Waals surface area contributed by atoms with Crippen molar-refractivity contribution >= 4 is 22.4 Å². The number of nitrogens with one attached hydrogen (secondary N) is 2. The maximum absolute atomic E-state index is 11.8. The Morgan fingerprint density at radius 3 is 2.58 bits per heavy atom. The number of ether oxygens (including phenoxy) is 1. The number of methoxy groups -OCH3 is 1. The number of rotatable bonds is 4. The molecule has 2 aromatic rings. The van der Waals surface area contributed by atoms with Gasteiger partial charge in [-0.3, -0.25) is 5.32 Å². The van der Waals surface area contributed by atoms with E-state index in [1.807, 2.05) is 48.7 Å². The van der Waals surface area contributed by atoms with Gasteiger partial charge in [0.15, 0.2) is 0 Å². The van der Waals surface area contributed by atoms with E-state index in [0.717, 1.165) is 16.3 Å². The predicted octanol–water partition coefficient (Wildman–Crippen LogP) is 3.64. The largest absolute Gasteiger partial charge is 0.497 e. The third kappa shape index (κ3) is 3.72. The Balaban J connectivity index is 1.92. The van der Waals surface area contributed by atoms with Crippen LogP contribution in [0.2, 0.25) is 0 Å². The molecule has 0 saturated carbocycles. The summed E-state index contributed by atoms with van der Waals surface area (Å²) in [5, 5.41) is 8.43. The third-order valence-electron chi connectivity index (χ3n) is 2.72. The van der Waals surface area contributed by atoms with Gasteiger partial charge in [-0.2, -0.15) is 0 Å². The van der Waals surface area contributed by atoms with E-state index in [-0.39, 0.29) is 12.1 Å². The average Bonchev–Trinajstić information content (AvgIpc) is 2.91. The number of urea groups is 1. The van der Waals surface area contributed by atoms with Crippen molar-refractivity contribution < 1.29 is 9.53 Å². The van der Waals surface area contributed by atoms with E-state index in [1.165, 1.54) is 11.3 Å². The molecule has 1 aromatic heterocycles. The SMILES string of the molecule is COc1ccc(C(C)NC(=O)Nc2cccs2)cc1. The van der Waals surface area contributed by atoms with Crippen molar-refractivity contribution in [3.63, 3.8) is 0 Å². The number of carbonyl (C=O) groups excluding carboxylic acids is 1. The lowest BCUT2D eigenvalue weighted by Crippen LogP contribution is -2.30. The Bertz CT molecular complexity index is 523. The average molecular weight is 276 g/mol. The lowest BCUT2D eigenvalue weighted by atomic mass is 10.1. The first kappa shape index (κ1) is 13.4. The van der Waals surface area contributed by atoms with Gasteiger partial charge in [0.1, 0.15) is 5.75 Å². The molecule has 0 radical (unpaired) electrons. The van der Waals surface area contributed by atoms with Crippen molar-refractivity contribution in [2.75, 3.05) is 12.4 Å². The summed E-state index contributed by atoms with van der Waals surface area (Å²) in [5.74, 6) is 0.805. The first-order valence-electron chi connectivity index (χ1n) is 5.94. The maximum Gasteiger partial charge on any atom is 0.320 e. The molecule has 19 heavy (non-hydrogen) atoms. The summed E-state index contributed by atoms with van der Waals surface area (Å²) in [5.41, 5.74) is 1.03. The lowest BCUT2D eigenvalue weighted by Gasteiger charge is -2.14. The zero-order valence-electron chi connectivity index (χ0n) is 10.8. The van der Waals surface area contributed by atoms with Crippen LogP contribution < -0.4 is 15.4 Å². The Kier molecular flexibility index (Phi) is 4.41. The molecule has 4 nitrogen and oxygen atoms in total. The monoisotopic (exact) mass is 276 g/mol. The number of carbonyl (C=O) groups is 1. The zero-order chi connectivity index (χ0) is 13.7. The van der Waals surface area contributed by atoms with Crippen LogP contribution in [0.4, 0.5) is 9.80 Å². The fourth-order valence-corrected chi connectivity index (χ4v) is 2.28. The van der Waals surface area contributed by atoms with E-state index in [4.69, 9.17) is 4.74 Å². The molecule has 0 saturated heterocycles. The summed E-state index contributed by atoms with van der Waals surface area (Å²) in [4.78, 5) is 11.8. The minimum absolute atomic E-state index is 0.0640. The summed E-state index contributed by atoms with van der Waals surface area (Å²) in [7, 11) is 1.63. The van der Waals surface area contributed by atoms with Crippen LogP contribution in [0.25, 0.3) is 0 Å². The van der Waals surface area contributed by atoms with Crippen LogP contribution in [0, 0.1) is 0 Å². The van der Waals surface area contributed by atoms with Gasteiger partial charge in [0.25, 0.3) is 0 Å². The molecule has 5 heteroatoms. The second kappa shape index (κ2) is 6.24. The number of hydrogen-bond donors (Lipinski definition) is 2. The van der Waals surface area contributed by atoms with Crippen molar-refractivity contribution in [1.29, 1.82) is 0 Å². The standard InChI is InChI=1S/C14H16N2O2S/c1-10(11-5-7-12(18-2)8-6-11)15-14(17)16-13-4-3-9-19-13/h3-10H,1-2H3,(H2,15,16,17). The van der Waals surface area contributed by atoms with Crippen LogP contribution in [0.5, 0.6) is 5.75 Å². The topological polar surface area (TPSA) is 50.4 Å². The minimum Gasteiger partial charge on any atom is -0.497 e. The highest BCUT2D eigenvalue weighted by atomic mass is 32.1. The van der Waals surface area contributed by atoms with Gasteiger partial charge in [0, 0.05) is 0 Å². The van der Waals surface area contributed by atoms with Crippen molar-refractivity contribution in [3.8, 4) is 5.75 Å². The second-order valence-corrected chi connectivity index (χ2v) is 5.02. The van der Waals surface area contributed by atoms with Gasteiger partial charge in [-0.15, -0.1) is 11.3 Å². The molecule has 0 spiro atoms. The van der Waals surface area contributed by atoms with Gasteiger partial charge >= 0.3 is 6.03 Å². The Labute approximate surface area is 116 Å². The van der Waals surface area contributed by atoms with Crippen LogP contribution in [-0.2, 0) is 0 Å². The molecular weight excluding hydrogens is 260 g/mol. The van der Waals surface area contributed by atoms with E-state index in [1.54, 1.807) is 7.11 Å². The number of thiophene rings is 1. The molecular formula is C14H16N2O2S. The maximum atomic E-state index is 11.8. The van der Waals surface area contributed by atoms with Gasteiger partial charge in [-0.05, 0) is 42.1 Å². The van der Waals surface area contributed by atoms with Gasteiger partial charge in [0.05, 0.1) is 18.2 Å². The number of hydrogen-bond acceptors (Lipinski definition) is 3. The molecule has 0 aliphatic heterocycles. The predicted molar refractivity (Wildman–Crippen MR) is 77.9 cm³/mol. The lowest BCUT2D eigenvalue weighted by molar-refractivity contribution is 0.249. The summed E-state index contributed by atoms with van der Waals surface area (Å²) in [6.07, 6.45) is 0. The fraction of sp³-hybridized carbons (Fsp3) is 0.214. The quantitative estimate of drug-likeness (QED) is 0.895. The molecule has 2 N–H and O–H groups in total. The van der Waals surface area contributed by atoms with Crippen molar-refractivity contribution in [1.82, 2.24) is 5.32 Å². The molecule has 1 aromatic carbocycles. The molecule has 1 unspecified atom stereocenters. The highest BCUT2D eigenvalue weighted by Crippen LogP contribution is 2.18. The van der Waals surface area contributed by atoms with Gasteiger partial charge in [-0.25, -0.2) is 4.79 Å². The molecule has 0 aliphatic carbocycles. The van der Waals surface area contributed by atoms with Crippen LogP contribution in [0.3, 0.4) is 0 Å². The van der Waals surface area contributed by atoms with Crippen LogP contribution >= 0.6 is 11.3 Å². The van der Waals surface area contributed by atoms with E-state index in [0.29, 0.717) is 0 Å². The van der Waals surface area contributed by atoms with Gasteiger partial charge in [-0.1, -0.05) is 12.1 Å². The highest BCUT2D eigenvalue weighted by Gasteiger charge is 2.09. The molecule has 100 valence electrons. The number of benzene rings is 1. The van der Waals surface area contributed by atoms with Crippen LogP contribution in [0.1, 0.15) is 18.5 Å². The van der Waals surface area contributed by atoms with E-state index in [2.05, 4.69) is 10.6 Å². The first-order valence-corrected chi connectivity index (χ1v) is 6.82. The van der Waals surface area contributed by atoms with Crippen LogP contribution in [-0.4, -0.2) is 13.1 Å². The fourth-order valence-electron chi connectivity index (χ4n) is 1.67. The second-order valence-electron chi connectivity index (χ2n) is 4.07. The normalized spacial score (nSPS) is 11.7. The third-order valence-corrected chi connectivity index (χ3v) is 3.51. The summed E-state index contributed by atoms with van der Waals surface area (Å²) >= 11 is 1.49. The van der Waals surface area contributed by atoms with E-state index in [9.17, 15) is 4.79 Å². The smallest absolute Gasteiger partial charge is 0.320 e. The van der Waals surface area contributed by atoms with Gasteiger partial charge < -0.3 is 10.1 Å². The number of anilines is 1. The van der Waals surface area contributed by atoms with Crippen molar-refractivity contribution in [2.24, 2.45) is 0 Å². The molecule has 1 heterocycles. The van der Waals surface area contributed by atoms with E-state index < -0.39 is 0 Å². The molecule has 1 atom stereocenters. The Morgan fingerprint density at radius 2 is 2.00 bits per heavy atom. The van der Waals surface area contributed by atoms with Crippen LogP contribution in [0.15, 0.2) is 41.8 Å². The zero-order valence-corrected chi connectivity index (χ0v) is 11.7. The van der Waals surface area contributed by atoms with E-state index >= 15 is 0 Å². The van der Waals surface area contributed by atoms with Crippen molar-refractivity contribution in [2.45, 2.75) is 13.0 Å². The Morgan fingerprint density at radius 1 is 1.26 bits per heavy atom. The Hall–Kier alpha value is -2.01. The molecule has 2 amide bonds. The molecule has 0 bridgehead atoms. The summed E-state index contributed by atoms with van der Waals surface area (Å²) < 4.78 is 5.10. The van der Waals surface area contributed by atoms with Crippen molar-refractivity contribution in [3.05, 3.63) is 47.3 Å². The molecule has 2 rings (SSSR count). The number of amides is 2. The minimum atomic E-state index is -0.203. The van der Waals surface area contributed by atoms with Gasteiger partial charge in [0.2, 0.25) is 0 Å². The summed E-state index contributed by atoms with van der Waals surface area (Å²) in [6.45, 7) is 1.94. The highest BCUT2D eigenvalue weighted by molar-refractivity contribution is 7.14.